The van der Waals surface area contributed by atoms with E-state index in [9.17, 15) is 0 Å². The molecular formula is C14H17. The van der Waals surface area contributed by atoms with Crippen molar-refractivity contribution in [2.75, 3.05) is 0 Å². The lowest BCUT2D eigenvalue weighted by atomic mass is 9.93. The van der Waals surface area contributed by atoms with Gasteiger partial charge in [0.05, 0.1) is 0 Å². The second kappa shape index (κ2) is 3.61. The summed E-state index contributed by atoms with van der Waals surface area (Å²) in [6.45, 7) is 10.0. The van der Waals surface area contributed by atoms with Gasteiger partial charge in [-0.1, -0.05) is 24.3 Å². The minimum atomic E-state index is 0.230. The molecule has 0 heteroatoms. The summed E-state index contributed by atoms with van der Waals surface area (Å²) < 4.78 is 0. The van der Waals surface area contributed by atoms with Gasteiger partial charge in [0.2, 0.25) is 0 Å². The summed E-state index contributed by atoms with van der Waals surface area (Å²) in [6.07, 6.45) is 4.63. The molecule has 0 bridgehead atoms. The van der Waals surface area contributed by atoms with Gasteiger partial charge < -0.3 is 0 Å². The number of aryl methyl sites for hydroxylation is 1. The summed E-state index contributed by atoms with van der Waals surface area (Å²) in [5.41, 5.74) is 4.15. The quantitative estimate of drug-likeness (QED) is 0.625. The Kier molecular flexibility index (Phi) is 2.45. The van der Waals surface area contributed by atoms with Crippen molar-refractivity contribution in [3.8, 4) is 0 Å². The molecule has 0 aliphatic heterocycles. The summed E-state index contributed by atoms with van der Waals surface area (Å²) in [7, 11) is 0. The SMILES string of the molecule is [CH2]C(C=C)c1cc(C2CC2)ccc1C. The van der Waals surface area contributed by atoms with Crippen LogP contribution >= 0.6 is 0 Å². The molecule has 0 nitrogen and oxygen atoms in total. The van der Waals surface area contributed by atoms with Crippen molar-refractivity contribution >= 4 is 0 Å². The third-order valence-corrected chi connectivity index (χ3v) is 3.04. The van der Waals surface area contributed by atoms with Crippen LogP contribution in [0.15, 0.2) is 30.9 Å². The van der Waals surface area contributed by atoms with Crippen molar-refractivity contribution in [1.29, 1.82) is 0 Å². The first kappa shape index (κ1) is 9.51. The van der Waals surface area contributed by atoms with E-state index >= 15 is 0 Å². The van der Waals surface area contributed by atoms with Crippen molar-refractivity contribution < 1.29 is 0 Å². The number of hydrogen-bond acceptors (Lipinski definition) is 0. The van der Waals surface area contributed by atoms with Gasteiger partial charge in [0, 0.05) is 5.92 Å². The predicted octanol–water partition coefficient (Wildman–Crippen LogP) is 3.98. The van der Waals surface area contributed by atoms with E-state index in [1.807, 2.05) is 6.08 Å². The van der Waals surface area contributed by atoms with Crippen LogP contribution in [-0.4, -0.2) is 0 Å². The Morgan fingerprint density at radius 2 is 2.14 bits per heavy atom. The molecule has 1 aromatic rings. The zero-order valence-electron chi connectivity index (χ0n) is 8.79. The Balaban J connectivity index is 2.35. The summed E-state index contributed by atoms with van der Waals surface area (Å²) in [5, 5.41) is 0. The molecule has 0 heterocycles. The first-order valence-corrected chi connectivity index (χ1v) is 5.28. The molecular weight excluding hydrogens is 168 g/mol. The van der Waals surface area contributed by atoms with Gasteiger partial charge in [-0.25, -0.2) is 0 Å². The minimum absolute atomic E-state index is 0.230. The Labute approximate surface area is 86.7 Å². The van der Waals surface area contributed by atoms with E-state index in [-0.39, 0.29) is 5.92 Å². The summed E-state index contributed by atoms with van der Waals surface area (Å²) in [5.74, 6) is 1.06. The lowest BCUT2D eigenvalue weighted by Crippen LogP contribution is -1.95. The van der Waals surface area contributed by atoms with Crippen LogP contribution in [-0.2, 0) is 0 Å². The molecule has 1 aromatic carbocycles. The number of allylic oxidation sites excluding steroid dienone is 1. The highest BCUT2D eigenvalue weighted by Crippen LogP contribution is 2.41. The van der Waals surface area contributed by atoms with Gasteiger partial charge in [0.1, 0.15) is 0 Å². The van der Waals surface area contributed by atoms with E-state index in [4.69, 9.17) is 0 Å². The van der Waals surface area contributed by atoms with Crippen LogP contribution in [0.1, 0.15) is 41.4 Å². The number of rotatable bonds is 3. The van der Waals surface area contributed by atoms with Crippen molar-refractivity contribution in [3.63, 3.8) is 0 Å². The van der Waals surface area contributed by atoms with Crippen LogP contribution in [0.5, 0.6) is 0 Å². The molecule has 0 amide bonds. The zero-order valence-corrected chi connectivity index (χ0v) is 8.79. The van der Waals surface area contributed by atoms with E-state index in [1.54, 1.807) is 0 Å². The number of benzene rings is 1. The maximum atomic E-state index is 4.09. The lowest BCUT2D eigenvalue weighted by Gasteiger charge is -2.12. The highest BCUT2D eigenvalue weighted by atomic mass is 14.3. The fourth-order valence-corrected chi connectivity index (χ4v) is 1.86. The van der Waals surface area contributed by atoms with Gasteiger partial charge >= 0.3 is 0 Å². The van der Waals surface area contributed by atoms with Gasteiger partial charge in [0.15, 0.2) is 0 Å². The third kappa shape index (κ3) is 1.75. The third-order valence-electron chi connectivity index (χ3n) is 3.04. The second-order valence-corrected chi connectivity index (χ2v) is 4.23. The van der Waals surface area contributed by atoms with Crippen LogP contribution in [0.2, 0.25) is 0 Å². The molecule has 73 valence electrons. The fourth-order valence-electron chi connectivity index (χ4n) is 1.86. The van der Waals surface area contributed by atoms with Crippen LogP contribution in [0, 0.1) is 13.8 Å². The maximum absolute atomic E-state index is 4.09. The standard InChI is InChI=1S/C14H17/c1-4-10(2)14-9-13(12-7-8-12)6-5-11(14)3/h4-6,9-10,12H,1-2,7-8H2,3H3. The Morgan fingerprint density at radius 3 is 2.71 bits per heavy atom. The van der Waals surface area contributed by atoms with E-state index in [0.717, 1.165) is 5.92 Å². The Bertz CT molecular complexity index is 345. The predicted molar refractivity (Wildman–Crippen MR) is 61.4 cm³/mol. The fraction of sp³-hybridized carbons (Fsp3) is 0.357. The topological polar surface area (TPSA) is 0 Å². The zero-order chi connectivity index (χ0) is 10.1. The Hall–Kier alpha value is -1.04. The molecule has 1 unspecified atom stereocenters. The summed E-state index contributed by atoms with van der Waals surface area (Å²) in [4.78, 5) is 0. The van der Waals surface area contributed by atoms with Gasteiger partial charge in [-0.3, -0.25) is 0 Å². The molecule has 0 saturated heterocycles. The van der Waals surface area contributed by atoms with Crippen molar-refractivity contribution in [2.45, 2.75) is 31.6 Å². The lowest BCUT2D eigenvalue weighted by molar-refractivity contribution is 1.03. The number of hydrogen-bond donors (Lipinski definition) is 0. The van der Waals surface area contributed by atoms with Crippen LogP contribution in [0.4, 0.5) is 0 Å². The minimum Gasteiger partial charge on any atom is -0.102 e. The average molecular weight is 185 g/mol. The molecule has 1 aliphatic carbocycles. The van der Waals surface area contributed by atoms with Gasteiger partial charge in [0.25, 0.3) is 0 Å². The van der Waals surface area contributed by atoms with Crippen molar-refractivity contribution in [2.24, 2.45) is 0 Å². The normalized spacial score (nSPS) is 17.9. The highest BCUT2D eigenvalue weighted by molar-refractivity contribution is 5.38. The van der Waals surface area contributed by atoms with Crippen molar-refractivity contribution in [1.82, 2.24) is 0 Å². The molecule has 2 rings (SSSR count). The van der Waals surface area contributed by atoms with Gasteiger partial charge in [-0.05, 0) is 49.3 Å². The van der Waals surface area contributed by atoms with E-state index in [1.165, 1.54) is 29.5 Å². The molecule has 1 atom stereocenters. The summed E-state index contributed by atoms with van der Waals surface area (Å²) in [6, 6.07) is 6.78. The molecule has 1 radical (unpaired) electrons. The maximum Gasteiger partial charge on any atom is 0.00183 e. The van der Waals surface area contributed by atoms with Gasteiger partial charge in [-0.15, -0.1) is 6.58 Å². The van der Waals surface area contributed by atoms with Crippen molar-refractivity contribution in [3.05, 3.63) is 54.5 Å². The second-order valence-electron chi connectivity index (χ2n) is 4.23. The van der Waals surface area contributed by atoms with E-state index in [0.29, 0.717) is 0 Å². The molecule has 0 aromatic heterocycles. The first-order chi connectivity index (χ1) is 6.72. The van der Waals surface area contributed by atoms with Crippen LogP contribution in [0.25, 0.3) is 0 Å². The monoisotopic (exact) mass is 185 g/mol. The van der Waals surface area contributed by atoms with Crippen LogP contribution in [0.3, 0.4) is 0 Å². The van der Waals surface area contributed by atoms with Gasteiger partial charge in [-0.2, -0.15) is 0 Å². The molecule has 1 saturated carbocycles. The average Bonchev–Trinajstić information content (AvgIpc) is 3.01. The van der Waals surface area contributed by atoms with E-state index in [2.05, 4.69) is 38.6 Å². The molecule has 14 heavy (non-hydrogen) atoms. The largest absolute Gasteiger partial charge is 0.102 e. The van der Waals surface area contributed by atoms with Crippen LogP contribution < -0.4 is 0 Å². The summed E-state index contributed by atoms with van der Waals surface area (Å²) >= 11 is 0. The molecule has 0 spiro atoms. The first-order valence-electron chi connectivity index (χ1n) is 5.28. The smallest absolute Gasteiger partial charge is 0.00183 e. The molecule has 1 fully saturated rings. The highest BCUT2D eigenvalue weighted by Gasteiger charge is 2.24. The van der Waals surface area contributed by atoms with E-state index < -0.39 is 0 Å². The Morgan fingerprint density at radius 1 is 1.43 bits per heavy atom. The molecule has 0 N–H and O–H groups in total. The molecule has 1 aliphatic rings.